The number of benzene rings is 1. The lowest BCUT2D eigenvalue weighted by Gasteiger charge is -2.08. The van der Waals surface area contributed by atoms with E-state index in [1.807, 2.05) is 25.1 Å². The number of aryl methyl sites for hydroxylation is 2. The number of hydrogen-bond acceptors (Lipinski definition) is 3. The molecule has 2 rings (SSSR count). The summed E-state index contributed by atoms with van der Waals surface area (Å²) in [5, 5.41) is 9.45. The Morgan fingerprint density at radius 1 is 1.45 bits per heavy atom. The van der Waals surface area contributed by atoms with Gasteiger partial charge in [0.05, 0.1) is 24.0 Å². The third-order valence-corrected chi connectivity index (χ3v) is 2.82. The van der Waals surface area contributed by atoms with Gasteiger partial charge < -0.3 is 11.1 Å². The molecule has 102 valence electrons. The number of nitrogens with zero attached hydrogens (tertiary/aromatic N) is 1. The van der Waals surface area contributed by atoms with Crippen LogP contribution in [0.1, 0.15) is 27.2 Å². The maximum atomic E-state index is 12.2. The van der Waals surface area contributed by atoms with Gasteiger partial charge in [0, 0.05) is 11.3 Å². The van der Waals surface area contributed by atoms with E-state index in [1.165, 1.54) is 6.20 Å². The molecule has 0 saturated carbocycles. The first-order valence-electron chi connectivity index (χ1n) is 6.22. The molecule has 1 aromatic heterocycles. The Morgan fingerprint density at radius 3 is 2.90 bits per heavy atom. The summed E-state index contributed by atoms with van der Waals surface area (Å²) in [5.74, 6) is 5.53. The molecule has 4 N–H and O–H groups in total. The average Bonchev–Trinajstić information content (AvgIpc) is 2.84. The van der Waals surface area contributed by atoms with Crippen LogP contribution in [0.4, 0.5) is 5.69 Å². The first-order valence-corrected chi connectivity index (χ1v) is 6.22. The van der Waals surface area contributed by atoms with Crippen LogP contribution in [0.5, 0.6) is 0 Å². The largest absolute Gasteiger partial charge is 0.321 e. The van der Waals surface area contributed by atoms with Crippen molar-refractivity contribution in [3.05, 3.63) is 46.8 Å². The number of rotatable bonds is 2. The van der Waals surface area contributed by atoms with Crippen molar-refractivity contribution in [1.29, 1.82) is 0 Å². The van der Waals surface area contributed by atoms with E-state index in [0.29, 0.717) is 11.3 Å². The molecule has 0 fully saturated rings. The minimum Gasteiger partial charge on any atom is -0.321 e. The molecule has 0 aliphatic heterocycles. The van der Waals surface area contributed by atoms with Crippen LogP contribution in [0.25, 0.3) is 0 Å². The lowest BCUT2D eigenvalue weighted by atomic mass is 10.1. The summed E-state index contributed by atoms with van der Waals surface area (Å²) in [6.07, 6.45) is 1.51. The van der Waals surface area contributed by atoms with Gasteiger partial charge in [-0.15, -0.1) is 0 Å². The van der Waals surface area contributed by atoms with E-state index in [4.69, 9.17) is 5.73 Å². The molecule has 5 nitrogen and oxygen atoms in total. The van der Waals surface area contributed by atoms with Crippen molar-refractivity contribution in [3.8, 4) is 11.8 Å². The Hall–Kier alpha value is -2.58. The van der Waals surface area contributed by atoms with Crippen molar-refractivity contribution >= 4 is 11.6 Å². The number of hydrogen-bond donors (Lipinski definition) is 3. The Balaban J connectivity index is 2.31. The van der Waals surface area contributed by atoms with Gasteiger partial charge in [-0.2, -0.15) is 5.10 Å². The van der Waals surface area contributed by atoms with Crippen LogP contribution in [0.15, 0.2) is 24.4 Å². The molecule has 0 spiro atoms. The topological polar surface area (TPSA) is 83.8 Å². The highest BCUT2D eigenvalue weighted by Gasteiger charge is 2.12. The second-order valence-electron chi connectivity index (χ2n) is 4.42. The Bertz CT molecular complexity index is 691. The van der Waals surface area contributed by atoms with Gasteiger partial charge in [0.1, 0.15) is 0 Å². The zero-order valence-electron chi connectivity index (χ0n) is 11.4. The van der Waals surface area contributed by atoms with E-state index in [0.717, 1.165) is 16.8 Å². The predicted molar refractivity (Wildman–Crippen MR) is 78.4 cm³/mol. The monoisotopic (exact) mass is 268 g/mol. The summed E-state index contributed by atoms with van der Waals surface area (Å²) >= 11 is 0. The molecule has 1 amide bonds. The number of amides is 1. The quantitative estimate of drug-likeness (QED) is 0.723. The van der Waals surface area contributed by atoms with Gasteiger partial charge >= 0.3 is 0 Å². The van der Waals surface area contributed by atoms with E-state index in [1.54, 1.807) is 6.92 Å². The predicted octanol–water partition coefficient (Wildman–Crippen LogP) is 1.59. The fraction of sp³-hybridized carbons (Fsp3) is 0.200. The smallest absolute Gasteiger partial charge is 0.259 e. The number of nitrogens with one attached hydrogen (secondary N) is 2. The number of H-pyrrole nitrogens is 1. The summed E-state index contributed by atoms with van der Waals surface area (Å²) in [5.41, 5.74) is 9.09. The molecule has 20 heavy (non-hydrogen) atoms. The molecule has 2 aromatic rings. The lowest BCUT2D eigenvalue weighted by molar-refractivity contribution is 0.102. The van der Waals surface area contributed by atoms with Crippen molar-refractivity contribution in [2.24, 2.45) is 5.73 Å². The Labute approximate surface area is 117 Å². The lowest BCUT2D eigenvalue weighted by Crippen LogP contribution is -2.13. The fourth-order valence-corrected chi connectivity index (χ4v) is 1.79. The SMILES string of the molecule is Cc1ccc(C#CCN)c(NC(=O)c2cn[nH]c2C)c1. The highest BCUT2D eigenvalue weighted by molar-refractivity contribution is 6.05. The number of aromatic amines is 1. The molecular formula is C15H16N4O. The zero-order valence-corrected chi connectivity index (χ0v) is 11.4. The molecule has 1 aromatic carbocycles. The van der Waals surface area contributed by atoms with Gasteiger partial charge in [0.25, 0.3) is 5.91 Å². The van der Waals surface area contributed by atoms with Gasteiger partial charge in [0.15, 0.2) is 0 Å². The maximum Gasteiger partial charge on any atom is 0.259 e. The first kappa shape index (κ1) is 13.8. The van der Waals surface area contributed by atoms with Crippen LogP contribution >= 0.6 is 0 Å². The second-order valence-corrected chi connectivity index (χ2v) is 4.42. The van der Waals surface area contributed by atoms with E-state index in [-0.39, 0.29) is 12.5 Å². The van der Waals surface area contributed by atoms with Crippen molar-refractivity contribution in [2.45, 2.75) is 13.8 Å². The highest BCUT2D eigenvalue weighted by Crippen LogP contribution is 2.18. The number of anilines is 1. The normalized spacial score (nSPS) is 9.75. The van der Waals surface area contributed by atoms with Crippen LogP contribution in [-0.2, 0) is 0 Å². The average molecular weight is 268 g/mol. The molecular weight excluding hydrogens is 252 g/mol. The number of carbonyl (C=O) groups is 1. The van der Waals surface area contributed by atoms with Gasteiger partial charge in [-0.05, 0) is 31.5 Å². The highest BCUT2D eigenvalue weighted by atomic mass is 16.1. The molecule has 1 heterocycles. The number of aromatic nitrogens is 2. The standard InChI is InChI=1S/C15H16N4O/c1-10-5-6-12(4-3-7-16)14(8-10)18-15(20)13-9-17-19-11(13)2/h5-6,8-9H,7,16H2,1-2H3,(H,17,19)(H,18,20). The third-order valence-electron chi connectivity index (χ3n) is 2.82. The molecule has 0 atom stereocenters. The zero-order chi connectivity index (χ0) is 14.5. The summed E-state index contributed by atoms with van der Waals surface area (Å²) in [7, 11) is 0. The van der Waals surface area contributed by atoms with Crippen LogP contribution in [0.3, 0.4) is 0 Å². The molecule has 0 radical (unpaired) electrons. The molecule has 0 unspecified atom stereocenters. The van der Waals surface area contributed by atoms with Crippen molar-refractivity contribution in [1.82, 2.24) is 10.2 Å². The Morgan fingerprint density at radius 2 is 2.25 bits per heavy atom. The second kappa shape index (κ2) is 6.04. The minimum absolute atomic E-state index is 0.211. The summed E-state index contributed by atoms with van der Waals surface area (Å²) in [6.45, 7) is 4.04. The molecule has 0 aliphatic rings. The minimum atomic E-state index is -0.211. The van der Waals surface area contributed by atoms with E-state index < -0.39 is 0 Å². The van der Waals surface area contributed by atoms with E-state index in [2.05, 4.69) is 27.4 Å². The van der Waals surface area contributed by atoms with E-state index >= 15 is 0 Å². The maximum absolute atomic E-state index is 12.2. The van der Waals surface area contributed by atoms with Crippen LogP contribution in [0.2, 0.25) is 0 Å². The van der Waals surface area contributed by atoms with E-state index in [9.17, 15) is 4.79 Å². The molecule has 5 heteroatoms. The van der Waals surface area contributed by atoms with Crippen LogP contribution in [0, 0.1) is 25.7 Å². The summed E-state index contributed by atoms with van der Waals surface area (Å²) < 4.78 is 0. The summed E-state index contributed by atoms with van der Waals surface area (Å²) in [6, 6.07) is 5.70. The molecule has 0 saturated heterocycles. The van der Waals surface area contributed by atoms with Gasteiger partial charge in [-0.3, -0.25) is 9.89 Å². The van der Waals surface area contributed by atoms with Crippen molar-refractivity contribution < 1.29 is 4.79 Å². The van der Waals surface area contributed by atoms with Crippen molar-refractivity contribution in [2.75, 3.05) is 11.9 Å². The number of carbonyl (C=O) groups excluding carboxylic acids is 1. The fourth-order valence-electron chi connectivity index (χ4n) is 1.79. The molecule has 0 aliphatic carbocycles. The Kier molecular flexibility index (Phi) is 4.18. The van der Waals surface area contributed by atoms with Crippen LogP contribution < -0.4 is 11.1 Å². The third kappa shape index (κ3) is 3.05. The van der Waals surface area contributed by atoms with Gasteiger partial charge in [-0.1, -0.05) is 17.9 Å². The van der Waals surface area contributed by atoms with Gasteiger partial charge in [0.2, 0.25) is 0 Å². The van der Waals surface area contributed by atoms with Crippen molar-refractivity contribution in [3.63, 3.8) is 0 Å². The number of nitrogens with two attached hydrogens (primary N) is 1. The molecule has 0 bridgehead atoms. The first-order chi connectivity index (χ1) is 9.61. The summed E-state index contributed by atoms with van der Waals surface area (Å²) in [4.78, 5) is 12.2. The van der Waals surface area contributed by atoms with Crippen LogP contribution in [-0.4, -0.2) is 22.6 Å². The van der Waals surface area contributed by atoms with Gasteiger partial charge in [-0.25, -0.2) is 0 Å².